The van der Waals surface area contributed by atoms with Gasteiger partial charge in [0.25, 0.3) is 0 Å². The summed E-state index contributed by atoms with van der Waals surface area (Å²) in [6, 6.07) is 6.72. The van der Waals surface area contributed by atoms with Gasteiger partial charge in [-0.05, 0) is 43.0 Å². The van der Waals surface area contributed by atoms with E-state index < -0.39 is 5.97 Å². The summed E-state index contributed by atoms with van der Waals surface area (Å²) in [5.41, 5.74) is 6.75. The van der Waals surface area contributed by atoms with Gasteiger partial charge >= 0.3 is 5.97 Å². The van der Waals surface area contributed by atoms with E-state index in [1.807, 2.05) is 0 Å². The predicted molar refractivity (Wildman–Crippen MR) is 76.4 cm³/mol. The van der Waals surface area contributed by atoms with Crippen molar-refractivity contribution in [3.05, 3.63) is 29.8 Å². The number of rotatable bonds is 5. The fraction of sp³-hybridized carbons (Fsp3) is 0.467. The molecule has 0 aromatic heterocycles. The smallest absolute Gasteiger partial charge is 0.337 e. The molecule has 0 aliphatic heterocycles. The van der Waals surface area contributed by atoms with Crippen LogP contribution in [0.1, 0.15) is 36.0 Å². The van der Waals surface area contributed by atoms with Crippen LogP contribution in [0.2, 0.25) is 0 Å². The van der Waals surface area contributed by atoms with Crippen molar-refractivity contribution in [1.29, 1.82) is 0 Å². The van der Waals surface area contributed by atoms with Gasteiger partial charge in [0.15, 0.2) is 0 Å². The fourth-order valence-corrected chi connectivity index (χ4v) is 2.52. The third kappa shape index (κ3) is 3.17. The number of methoxy groups -OCH3 is 1. The summed E-state index contributed by atoms with van der Waals surface area (Å²) >= 11 is 0. The Bertz CT molecular complexity index is 504. The largest absolute Gasteiger partial charge is 0.465 e. The van der Waals surface area contributed by atoms with Crippen molar-refractivity contribution in [3.8, 4) is 0 Å². The van der Waals surface area contributed by atoms with E-state index in [9.17, 15) is 9.59 Å². The predicted octanol–water partition coefficient (Wildman–Crippen LogP) is 1.93. The molecule has 2 rings (SSSR count). The lowest BCUT2D eigenvalue weighted by Gasteiger charge is -2.40. The highest BCUT2D eigenvalue weighted by atomic mass is 16.5. The van der Waals surface area contributed by atoms with Crippen LogP contribution in [0.3, 0.4) is 0 Å². The molecular formula is C15H20N2O3. The Morgan fingerprint density at radius 2 is 2.15 bits per heavy atom. The first kappa shape index (κ1) is 14.5. The molecule has 1 amide bonds. The molecule has 108 valence electrons. The van der Waals surface area contributed by atoms with Gasteiger partial charge in [-0.15, -0.1) is 0 Å². The molecular weight excluding hydrogens is 256 g/mol. The second-order valence-corrected chi connectivity index (χ2v) is 5.36. The summed E-state index contributed by atoms with van der Waals surface area (Å²) in [5.74, 6) is -0.476. The number of ether oxygens (including phenoxy) is 1. The van der Waals surface area contributed by atoms with Crippen LogP contribution in [0, 0.1) is 5.41 Å². The number of anilines is 1. The van der Waals surface area contributed by atoms with Gasteiger partial charge in [0.05, 0.1) is 12.7 Å². The molecule has 3 N–H and O–H groups in total. The second kappa shape index (κ2) is 6.05. The van der Waals surface area contributed by atoms with Gasteiger partial charge in [0.1, 0.15) is 0 Å². The molecule has 0 heterocycles. The third-order valence-corrected chi connectivity index (χ3v) is 3.95. The van der Waals surface area contributed by atoms with Crippen LogP contribution >= 0.6 is 0 Å². The Balaban J connectivity index is 1.99. The highest BCUT2D eigenvalue weighted by molar-refractivity contribution is 5.94. The molecule has 0 bridgehead atoms. The van der Waals surface area contributed by atoms with Crippen LogP contribution in [0.4, 0.5) is 5.69 Å². The molecule has 1 aliphatic rings. The van der Waals surface area contributed by atoms with Gasteiger partial charge in [0.2, 0.25) is 5.91 Å². The van der Waals surface area contributed by atoms with Crippen LogP contribution in [0.5, 0.6) is 0 Å². The number of benzene rings is 1. The minimum absolute atomic E-state index is 0.0238. The topological polar surface area (TPSA) is 81.4 Å². The Morgan fingerprint density at radius 1 is 1.40 bits per heavy atom. The molecule has 1 aromatic rings. The van der Waals surface area contributed by atoms with E-state index in [0.29, 0.717) is 24.2 Å². The van der Waals surface area contributed by atoms with E-state index in [-0.39, 0.29) is 11.3 Å². The van der Waals surface area contributed by atoms with Crippen LogP contribution < -0.4 is 11.1 Å². The number of hydrogen-bond donors (Lipinski definition) is 2. The normalized spacial score (nSPS) is 16.1. The second-order valence-electron chi connectivity index (χ2n) is 5.36. The number of esters is 1. The summed E-state index contributed by atoms with van der Waals surface area (Å²) in [4.78, 5) is 23.5. The van der Waals surface area contributed by atoms with Crippen molar-refractivity contribution in [2.24, 2.45) is 11.1 Å². The highest BCUT2D eigenvalue weighted by Gasteiger charge is 2.37. The van der Waals surface area contributed by atoms with E-state index >= 15 is 0 Å². The first-order valence-electron chi connectivity index (χ1n) is 6.77. The first-order chi connectivity index (χ1) is 9.58. The number of carbonyl (C=O) groups excluding carboxylic acids is 2. The van der Waals surface area contributed by atoms with Crippen molar-refractivity contribution in [3.63, 3.8) is 0 Å². The average Bonchev–Trinajstić information content (AvgIpc) is 2.42. The SMILES string of the molecule is COC(=O)c1cccc(NC(=O)CC2(CN)CCC2)c1. The molecule has 20 heavy (non-hydrogen) atoms. The number of hydrogen-bond acceptors (Lipinski definition) is 4. The minimum Gasteiger partial charge on any atom is -0.465 e. The maximum atomic E-state index is 12.0. The summed E-state index contributed by atoms with van der Waals surface area (Å²) in [7, 11) is 1.33. The quantitative estimate of drug-likeness (QED) is 0.805. The zero-order chi connectivity index (χ0) is 14.6. The number of amides is 1. The van der Waals surface area contributed by atoms with Gasteiger partial charge in [0, 0.05) is 12.1 Å². The fourth-order valence-electron chi connectivity index (χ4n) is 2.52. The molecule has 0 radical (unpaired) electrons. The van der Waals surface area contributed by atoms with Crippen LogP contribution in [0.25, 0.3) is 0 Å². The van der Waals surface area contributed by atoms with Crippen molar-refractivity contribution in [2.75, 3.05) is 19.0 Å². The molecule has 0 unspecified atom stereocenters. The standard InChI is InChI=1S/C15H20N2O3/c1-20-14(19)11-4-2-5-12(8-11)17-13(18)9-15(10-16)6-3-7-15/h2,4-5,8H,3,6-7,9-10,16H2,1H3,(H,17,18). The van der Waals surface area contributed by atoms with Crippen LogP contribution in [-0.4, -0.2) is 25.5 Å². The Morgan fingerprint density at radius 3 is 2.70 bits per heavy atom. The van der Waals surface area contributed by atoms with Gasteiger partial charge in [-0.3, -0.25) is 4.79 Å². The van der Waals surface area contributed by atoms with Gasteiger partial charge in [-0.25, -0.2) is 4.79 Å². The number of nitrogens with one attached hydrogen (secondary N) is 1. The maximum Gasteiger partial charge on any atom is 0.337 e. The van der Waals surface area contributed by atoms with E-state index in [0.717, 1.165) is 19.3 Å². The molecule has 1 saturated carbocycles. The van der Waals surface area contributed by atoms with Crippen molar-refractivity contribution in [2.45, 2.75) is 25.7 Å². The van der Waals surface area contributed by atoms with Crippen molar-refractivity contribution in [1.82, 2.24) is 0 Å². The van der Waals surface area contributed by atoms with E-state index in [1.54, 1.807) is 24.3 Å². The number of nitrogens with two attached hydrogens (primary N) is 1. The van der Waals surface area contributed by atoms with E-state index in [1.165, 1.54) is 7.11 Å². The first-order valence-corrected chi connectivity index (χ1v) is 6.77. The molecule has 1 aliphatic carbocycles. The molecule has 0 saturated heterocycles. The molecule has 0 atom stereocenters. The molecule has 0 spiro atoms. The van der Waals surface area contributed by atoms with E-state index in [2.05, 4.69) is 10.1 Å². The lowest BCUT2D eigenvalue weighted by atomic mass is 9.66. The zero-order valence-corrected chi connectivity index (χ0v) is 11.6. The summed E-state index contributed by atoms with van der Waals surface area (Å²) in [6.45, 7) is 0.544. The maximum absolute atomic E-state index is 12.0. The number of carbonyl (C=O) groups is 2. The molecule has 5 nitrogen and oxygen atoms in total. The van der Waals surface area contributed by atoms with Crippen molar-refractivity contribution >= 4 is 17.6 Å². The van der Waals surface area contributed by atoms with Gasteiger partial charge < -0.3 is 15.8 Å². The lowest BCUT2D eigenvalue weighted by Crippen LogP contribution is -2.40. The molecule has 5 heteroatoms. The zero-order valence-electron chi connectivity index (χ0n) is 11.6. The Kier molecular flexibility index (Phi) is 4.39. The minimum atomic E-state index is -0.418. The van der Waals surface area contributed by atoms with Crippen LogP contribution in [0.15, 0.2) is 24.3 Å². The third-order valence-electron chi connectivity index (χ3n) is 3.95. The van der Waals surface area contributed by atoms with Crippen LogP contribution in [-0.2, 0) is 9.53 Å². The summed E-state index contributed by atoms with van der Waals surface area (Å²) in [6.07, 6.45) is 3.60. The monoisotopic (exact) mass is 276 g/mol. The molecule has 1 fully saturated rings. The Labute approximate surface area is 118 Å². The Hall–Kier alpha value is -1.88. The van der Waals surface area contributed by atoms with Gasteiger partial charge in [-0.2, -0.15) is 0 Å². The summed E-state index contributed by atoms with van der Waals surface area (Å²) < 4.78 is 4.65. The van der Waals surface area contributed by atoms with Crippen molar-refractivity contribution < 1.29 is 14.3 Å². The summed E-state index contributed by atoms with van der Waals surface area (Å²) in [5, 5.41) is 2.82. The van der Waals surface area contributed by atoms with E-state index in [4.69, 9.17) is 5.73 Å². The van der Waals surface area contributed by atoms with Gasteiger partial charge in [-0.1, -0.05) is 12.5 Å². The lowest BCUT2D eigenvalue weighted by molar-refractivity contribution is -0.119. The average molecular weight is 276 g/mol. The highest BCUT2D eigenvalue weighted by Crippen LogP contribution is 2.43. The molecule has 1 aromatic carbocycles.